The first-order chi connectivity index (χ1) is 13.6. The number of hydrogen-bond donors (Lipinski definition) is 0. The van der Waals surface area contributed by atoms with E-state index in [1.54, 1.807) is 6.20 Å². The van der Waals surface area contributed by atoms with E-state index >= 15 is 0 Å². The van der Waals surface area contributed by atoms with Crippen molar-refractivity contribution in [2.24, 2.45) is 5.41 Å². The Labute approximate surface area is 159 Å². The van der Waals surface area contributed by atoms with Crippen molar-refractivity contribution in [1.82, 2.24) is 4.98 Å². The SMILES string of the molecule is [2H]Cc1cc(-c2cccc3c2oc2cc(C)ccc23)ncc1C([2H])([2H])C(C)(C)C. The highest BCUT2D eigenvalue weighted by molar-refractivity contribution is 6.09. The monoisotopic (exact) mass is 346 g/mol. The third-order valence-corrected chi connectivity index (χ3v) is 4.43. The van der Waals surface area contributed by atoms with Crippen LogP contribution in [0.15, 0.2) is 53.1 Å². The average molecular weight is 346 g/mol. The highest BCUT2D eigenvalue weighted by Crippen LogP contribution is 2.36. The molecule has 0 N–H and O–H groups in total. The van der Waals surface area contributed by atoms with Gasteiger partial charge in [0.15, 0.2) is 0 Å². The summed E-state index contributed by atoms with van der Waals surface area (Å²) in [6.07, 6.45) is 0.00784. The van der Waals surface area contributed by atoms with E-state index in [4.69, 9.17) is 8.53 Å². The van der Waals surface area contributed by atoms with E-state index in [9.17, 15) is 0 Å². The molecule has 26 heavy (non-hydrogen) atoms. The molecule has 2 aromatic carbocycles. The van der Waals surface area contributed by atoms with Crippen LogP contribution in [0.2, 0.25) is 0 Å². The topological polar surface area (TPSA) is 26.0 Å². The van der Waals surface area contributed by atoms with E-state index in [1.807, 2.05) is 58.0 Å². The second-order valence-corrected chi connectivity index (χ2v) is 7.89. The molecule has 2 heterocycles. The van der Waals surface area contributed by atoms with E-state index < -0.39 is 11.8 Å². The molecule has 0 aliphatic carbocycles. The molecule has 2 heteroatoms. The van der Waals surface area contributed by atoms with Crippen molar-refractivity contribution in [2.75, 3.05) is 0 Å². The van der Waals surface area contributed by atoms with Gasteiger partial charge in [0.05, 0.1) is 5.69 Å². The van der Waals surface area contributed by atoms with Gasteiger partial charge < -0.3 is 4.42 Å². The second-order valence-electron chi connectivity index (χ2n) is 7.89. The second kappa shape index (κ2) is 5.98. The predicted molar refractivity (Wildman–Crippen MR) is 110 cm³/mol. The maximum absolute atomic E-state index is 8.59. The van der Waals surface area contributed by atoms with Crippen LogP contribution < -0.4 is 0 Å². The summed E-state index contributed by atoms with van der Waals surface area (Å²) in [4.78, 5) is 4.59. The molecule has 0 saturated carbocycles. The number of aryl methyl sites for hydroxylation is 2. The van der Waals surface area contributed by atoms with Crippen LogP contribution in [0.5, 0.6) is 0 Å². The van der Waals surface area contributed by atoms with Crippen LogP contribution >= 0.6 is 0 Å². The lowest BCUT2D eigenvalue weighted by Gasteiger charge is -2.19. The quantitative estimate of drug-likeness (QED) is 0.396. The molecule has 4 rings (SSSR count). The van der Waals surface area contributed by atoms with Crippen LogP contribution in [0, 0.1) is 19.2 Å². The Morgan fingerprint density at radius 3 is 2.73 bits per heavy atom. The molecule has 2 aromatic heterocycles. The number of hydrogen-bond acceptors (Lipinski definition) is 2. The minimum atomic E-state index is -1.59. The first kappa shape index (κ1) is 13.6. The third-order valence-electron chi connectivity index (χ3n) is 4.43. The van der Waals surface area contributed by atoms with E-state index in [-0.39, 0.29) is 6.90 Å². The van der Waals surface area contributed by atoms with Gasteiger partial charge in [-0.3, -0.25) is 4.98 Å². The lowest BCUT2D eigenvalue weighted by Crippen LogP contribution is -2.10. The molecule has 4 aromatic rings. The molecule has 0 aliphatic heterocycles. The molecule has 0 fully saturated rings. The van der Waals surface area contributed by atoms with Gasteiger partial charge in [-0.15, -0.1) is 0 Å². The van der Waals surface area contributed by atoms with Gasteiger partial charge in [-0.25, -0.2) is 0 Å². The van der Waals surface area contributed by atoms with Crippen molar-refractivity contribution in [3.05, 3.63) is 65.4 Å². The van der Waals surface area contributed by atoms with Crippen molar-refractivity contribution in [3.8, 4) is 11.3 Å². The molecule has 0 unspecified atom stereocenters. The summed E-state index contributed by atoms with van der Waals surface area (Å²) < 4.78 is 31.3. The van der Waals surface area contributed by atoms with Gasteiger partial charge in [0.25, 0.3) is 0 Å². The van der Waals surface area contributed by atoms with Crippen molar-refractivity contribution < 1.29 is 8.53 Å². The van der Waals surface area contributed by atoms with Gasteiger partial charge in [0.2, 0.25) is 0 Å². The molecule has 0 spiro atoms. The molecule has 2 nitrogen and oxygen atoms in total. The average Bonchev–Trinajstić information content (AvgIpc) is 3.04. The number of pyridine rings is 1. The van der Waals surface area contributed by atoms with Crippen molar-refractivity contribution in [2.45, 2.75) is 41.0 Å². The van der Waals surface area contributed by atoms with Crippen LogP contribution in [0.1, 0.15) is 41.6 Å². The number of fused-ring (bicyclic) bond motifs is 3. The number of aromatic nitrogens is 1. The van der Waals surface area contributed by atoms with Gasteiger partial charge in [-0.2, -0.15) is 0 Å². The zero-order valence-electron chi connectivity index (χ0n) is 18.7. The number of para-hydroxylation sites is 1. The first-order valence-electron chi connectivity index (χ1n) is 10.5. The zero-order valence-corrected chi connectivity index (χ0v) is 15.7. The fourth-order valence-corrected chi connectivity index (χ4v) is 3.27. The Morgan fingerprint density at radius 2 is 1.96 bits per heavy atom. The molecule has 0 amide bonds. The molecule has 0 saturated heterocycles. The Bertz CT molecular complexity index is 1220. The lowest BCUT2D eigenvalue weighted by molar-refractivity contribution is 0.410. The third kappa shape index (κ3) is 3.01. The summed E-state index contributed by atoms with van der Waals surface area (Å²) in [5.41, 5.74) is 4.83. The number of furan rings is 1. The smallest absolute Gasteiger partial charge is 0.144 e. The predicted octanol–water partition coefficient (Wildman–Crippen LogP) is 6.85. The highest BCUT2D eigenvalue weighted by Gasteiger charge is 2.16. The van der Waals surface area contributed by atoms with Gasteiger partial charge >= 0.3 is 0 Å². The van der Waals surface area contributed by atoms with Crippen molar-refractivity contribution in [3.63, 3.8) is 0 Å². The zero-order chi connectivity index (χ0) is 21.0. The minimum absolute atomic E-state index is 0.00422. The van der Waals surface area contributed by atoms with Gasteiger partial charge in [0, 0.05) is 26.6 Å². The largest absolute Gasteiger partial charge is 0.455 e. The van der Waals surface area contributed by atoms with Crippen molar-refractivity contribution >= 4 is 21.9 Å². The summed E-state index contributed by atoms with van der Waals surface area (Å²) in [5, 5.41) is 2.09. The van der Waals surface area contributed by atoms with Crippen LogP contribution in [0.25, 0.3) is 33.2 Å². The van der Waals surface area contributed by atoms with Gasteiger partial charge in [-0.1, -0.05) is 45.0 Å². The first-order valence-corrected chi connectivity index (χ1v) is 8.84. The standard InChI is InChI=1S/C24H25NO/c1-15-9-10-18-19-7-6-8-20(23(19)26-22(18)11-15)21-12-16(2)17(14-25-21)13-24(3,4)5/h6-12,14H,13H2,1-5H3/i2D,13D2. The normalized spacial score (nSPS) is 14.4. The molecule has 132 valence electrons. The van der Waals surface area contributed by atoms with E-state index in [1.165, 1.54) is 0 Å². The number of nitrogens with zero attached hydrogens (tertiary/aromatic N) is 1. The van der Waals surface area contributed by atoms with Gasteiger partial charge in [0.1, 0.15) is 11.2 Å². The lowest BCUT2D eigenvalue weighted by atomic mass is 9.87. The van der Waals surface area contributed by atoms with Crippen LogP contribution in [0.4, 0.5) is 0 Å². The Balaban J connectivity index is 1.92. The molecular formula is C24H25NO. The van der Waals surface area contributed by atoms with Crippen LogP contribution in [0.3, 0.4) is 0 Å². The summed E-state index contributed by atoms with van der Waals surface area (Å²) in [6, 6.07) is 14.0. The fourth-order valence-electron chi connectivity index (χ4n) is 3.27. The summed E-state index contributed by atoms with van der Waals surface area (Å²) in [5.74, 6) is 0. The maximum atomic E-state index is 8.59. The molecule has 0 radical (unpaired) electrons. The van der Waals surface area contributed by atoms with E-state index in [2.05, 4.69) is 17.1 Å². The van der Waals surface area contributed by atoms with Gasteiger partial charge in [-0.05, 0) is 60.5 Å². The fraction of sp³-hybridized carbons (Fsp3) is 0.292. The Morgan fingerprint density at radius 1 is 1.12 bits per heavy atom. The van der Waals surface area contributed by atoms with Crippen molar-refractivity contribution in [1.29, 1.82) is 0 Å². The maximum Gasteiger partial charge on any atom is 0.144 e. The molecular weight excluding hydrogens is 318 g/mol. The summed E-state index contributed by atoms with van der Waals surface area (Å²) in [6.45, 7) is 7.64. The summed E-state index contributed by atoms with van der Waals surface area (Å²) in [7, 11) is 0. The van der Waals surface area contributed by atoms with Crippen LogP contribution in [-0.4, -0.2) is 4.98 Å². The molecule has 0 aliphatic rings. The Kier molecular flexibility index (Phi) is 3.12. The number of benzene rings is 2. The van der Waals surface area contributed by atoms with Crippen LogP contribution in [-0.2, 0) is 6.37 Å². The molecule has 0 bridgehead atoms. The molecule has 0 atom stereocenters. The van der Waals surface area contributed by atoms with E-state index in [0.717, 1.165) is 33.1 Å². The number of rotatable bonds is 2. The minimum Gasteiger partial charge on any atom is -0.455 e. The Hall–Kier alpha value is -2.61. The highest BCUT2D eigenvalue weighted by atomic mass is 16.3. The van der Waals surface area contributed by atoms with E-state index in [0.29, 0.717) is 16.8 Å². The summed E-state index contributed by atoms with van der Waals surface area (Å²) >= 11 is 0.